The van der Waals surface area contributed by atoms with Gasteiger partial charge in [-0.3, -0.25) is 9.78 Å². The maximum atomic E-state index is 12.5. The number of carbonyl (C=O) groups excluding carboxylic acids is 1. The van der Waals surface area contributed by atoms with Gasteiger partial charge in [-0.1, -0.05) is 43.7 Å². The van der Waals surface area contributed by atoms with Gasteiger partial charge in [0.05, 0.1) is 0 Å². The van der Waals surface area contributed by atoms with Crippen molar-refractivity contribution in [3.63, 3.8) is 0 Å². The van der Waals surface area contributed by atoms with E-state index in [4.69, 9.17) is 0 Å². The molecule has 0 saturated heterocycles. The van der Waals surface area contributed by atoms with Crippen molar-refractivity contribution in [1.82, 2.24) is 9.88 Å². The Kier molecular flexibility index (Phi) is 6.79. The highest BCUT2D eigenvalue weighted by molar-refractivity contribution is 5.93. The van der Waals surface area contributed by atoms with Crippen LogP contribution in [0.15, 0.2) is 48.7 Å². The van der Waals surface area contributed by atoms with Gasteiger partial charge in [-0.15, -0.1) is 0 Å². The fourth-order valence-electron chi connectivity index (χ4n) is 2.61. The Bertz CT molecular complexity index is 642. The second-order valence-corrected chi connectivity index (χ2v) is 5.98. The summed E-state index contributed by atoms with van der Waals surface area (Å²) in [6.45, 7) is 6.71. The molecule has 0 spiro atoms. The molecule has 0 fully saturated rings. The molecule has 0 aliphatic rings. The average molecular weight is 325 g/mol. The van der Waals surface area contributed by atoms with Gasteiger partial charge in [0, 0.05) is 38.6 Å². The van der Waals surface area contributed by atoms with Crippen LogP contribution in [0.4, 0.5) is 5.69 Å². The third-order valence-corrected chi connectivity index (χ3v) is 4.12. The summed E-state index contributed by atoms with van der Waals surface area (Å²) >= 11 is 0. The zero-order valence-corrected chi connectivity index (χ0v) is 14.9. The maximum absolute atomic E-state index is 12.5. The van der Waals surface area contributed by atoms with Crippen molar-refractivity contribution in [2.75, 3.05) is 25.0 Å². The lowest BCUT2D eigenvalue weighted by Gasteiger charge is -2.24. The molecule has 128 valence electrons. The zero-order valence-electron chi connectivity index (χ0n) is 14.9. The Morgan fingerprint density at radius 2 is 1.88 bits per heavy atom. The normalized spacial score (nSPS) is 10.5. The smallest absolute Gasteiger partial charge is 0.272 e. The minimum absolute atomic E-state index is 0.0129. The van der Waals surface area contributed by atoms with E-state index in [-0.39, 0.29) is 5.91 Å². The highest BCUT2D eigenvalue weighted by Gasteiger charge is 2.15. The Morgan fingerprint density at radius 1 is 1.12 bits per heavy atom. The third-order valence-electron chi connectivity index (χ3n) is 4.12. The van der Waals surface area contributed by atoms with Crippen molar-refractivity contribution < 1.29 is 4.79 Å². The van der Waals surface area contributed by atoms with Crippen molar-refractivity contribution in [3.8, 4) is 0 Å². The summed E-state index contributed by atoms with van der Waals surface area (Å²) in [5.74, 6) is -0.0129. The van der Waals surface area contributed by atoms with E-state index >= 15 is 0 Å². The summed E-state index contributed by atoms with van der Waals surface area (Å²) in [6, 6.07) is 14.2. The highest BCUT2D eigenvalue weighted by atomic mass is 16.2. The van der Waals surface area contributed by atoms with E-state index in [1.807, 2.05) is 37.4 Å². The molecule has 0 aliphatic carbocycles. The highest BCUT2D eigenvalue weighted by Crippen LogP contribution is 2.18. The standard InChI is InChI=1S/C20H27N3O/c1-4-6-14-22(3)20(24)19-15-18(12-13-21-19)23(5-2)16-17-10-8-7-9-11-17/h7-13,15H,4-6,14,16H2,1-3H3. The summed E-state index contributed by atoms with van der Waals surface area (Å²) < 4.78 is 0. The Morgan fingerprint density at radius 3 is 2.54 bits per heavy atom. The monoisotopic (exact) mass is 325 g/mol. The molecule has 1 heterocycles. The molecule has 1 aromatic carbocycles. The number of unbranched alkanes of at least 4 members (excludes halogenated alkanes) is 1. The number of hydrogen-bond acceptors (Lipinski definition) is 3. The van der Waals surface area contributed by atoms with E-state index in [1.54, 1.807) is 11.1 Å². The third kappa shape index (κ3) is 4.82. The van der Waals surface area contributed by atoms with Crippen LogP contribution in [0.2, 0.25) is 0 Å². The summed E-state index contributed by atoms with van der Waals surface area (Å²) in [5.41, 5.74) is 2.80. The number of carbonyl (C=O) groups is 1. The topological polar surface area (TPSA) is 36.4 Å². The number of aromatic nitrogens is 1. The van der Waals surface area contributed by atoms with E-state index in [2.05, 4.69) is 35.9 Å². The molecule has 2 rings (SSSR count). The number of hydrogen-bond donors (Lipinski definition) is 0. The molecule has 0 bridgehead atoms. The minimum atomic E-state index is -0.0129. The zero-order chi connectivity index (χ0) is 17.4. The Labute approximate surface area is 145 Å². The first kappa shape index (κ1) is 18.0. The van der Waals surface area contributed by atoms with E-state index in [9.17, 15) is 4.79 Å². The van der Waals surface area contributed by atoms with Gasteiger partial charge in [0.2, 0.25) is 0 Å². The van der Waals surface area contributed by atoms with Crippen molar-refractivity contribution in [3.05, 3.63) is 59.9 Å². The first-order valence-corrected chi connectivity index (χ1v) is 8.66. The molecular formula is C20H27N3O. The molecular weight excluding hydrogens is 298 g/mol. The lowest BCUT2D eigenvalue weighted by atomic mass is 10.2. The number of benzene rings is 1. The lowest BCUT2D eigenvalue weighted by Crippen LogP contribution is -2.29. The molecule has 1 aromatic heterocycles. The number of rotatable bonds is 8. The van der Waals surface area contributed by atoms with Gasteiger partial charge in [-0.2, -0.15) is 0 Å². The Balaban J connectivity index is 2.14. The molecule has 0 saturated carbocycles. The first-order valence-electron chi connectivity index (χ1n) is 8.66. The fraction of sp³-hybridized carbons (Fsp3) is 0.400. The second-order valence-electron chi connectivity index (χ2n) is 5.98. The second kappa shape index (κ2) is 9.06. The molecule has 4 nitrogen and oxygen atoms in total. The van der Waals surface area contributed by atoms with Gasteiger partial charge in [-0.05, 0) is 31.0 Å². The maximum Gasteiger partial charge on any atom is 0.272 e. The van der Waals surface area contributed by atoms with Crippen LogP contribution in [0, 0.1) is 0 Å². The Hall–Kier alpha value is -2.36. The number of pyridine rings is 1. The molecule has 1 amide bonds. The van der Waals surface area contributed by atoms with Crippen molar-refractivity contribution in [1.29, 1.82) is 0 Å². The SMILES string of the molecule is CCCCN(C)C(=O)c1cc(N(CC)Cc2ccccc2)ccn1. The molecule has 0 N–H and O–H groups in total. The number of nitrogens with zero attached hydrogens (tertiary/aromatic N) is 3. The van der Waals surface area contributed by atoms with Crippen LogP contribution in [0.3, 0.4) is 0 Å². The van der Waals surface area contributed by atoms with Gasteiger partial charge in [-0.25, -0.2) is 0 Å². The molecule has 0 aliphatic heterocycles. The van der Waals surface area contributed by atoms with Crippen LogP contribution in [0.5, 0.6) is 0 Å². The van der Waals surface area contributed by atoms with E-state index in [0.717, 1.165) is 38.2 Å². The van der Waals surface area contributed by atoms with Crippen molar-refractivity contribution in [2.45, 2.75) is 33.2 Å². The molecule has 0 atom stereocenters. The summed E-state index contributed by atoms with van der Waals surface area (Å²) in [4.78, 5) is 20.8. The van der Waals surface area contributed by atoms with Crippen LogP contribution < -0.4 is 4.90 Å². The van der Waals surface area contributed by atoms with Gasteiger partial charge in [0.15, 0.2) is 0 Å². The van der Waals surface area contributed by atoms with Crippen LogP contribution in [-0.4, -0.2) is 35.9 Å². The molecule has 24 heavy (non-hydrogen) atoms. The first-order chi connectivity index (χ1) is 11.7. The van der Waals surface area contributed by atoms with Crippen molar-refractivity contribution >= 4 is 11.6 Å². The van der Waals surface area contributed by atoms with Gasteiger partial charge >= 0.3 is 0 Å². The van der Waals surface area contributed by atoms with Crippen molar-refractivity contribution in [2.24, 2.45) is 0 Å². The number of amides is 1. The molecule has 0 radical (unpaired) electrons. The van der Waals surface area contributed by atoms with E-state index in [0.29, 0.717) is 5.69 Å². The minimum Gasteiger partial charge on any atom is -0.367 e. The van der Waals surface area contributed by atoms with Crippen LogP contribution >= 0.6 is 0 Å². The largest absolute Gasteiger partial charge is 0.367 e. The molecule has 0 unspecified atom stereocenters. The van der Waals surface area contributed by atoms with Gasteiger partial charge in [0.1, 0.15) is 5.69 Å². The van der Waals surface area contributed by atoms with E-state index < -0.39 is 0 Å². The lowest BCUT2D eigenvalue weighted by molar-refractivity contribution is 0.0787. The summed E-state index contributed by atoms with van der Waals surface area (Å²) in [6.07, 6.45) is 3.81. The fourth-order valence-corrected chi connectivity index (χ4v) is 2.61. The molecule has 2 aromatic rings. The van der Waals surface area contributed by atoms with Gasteiger partial charge in [0.25, 0.3) is 5.91 Å². The average Bonchev–Trinajstić information content (AvgIpc) is 2.64. The van der Waals surface area contributed by atoms with E-state index in [1.165, 1.54) is 5.56 Å². The van der Waals surface area contributed by atoms with Crippen LogP contribution in [0.1, 0.15) is 42.7 Å². The summed E-state index contributed by atoms with van der Waals surface area (Å²) in [7, 11) is 1.84. The van der Waals surface area contributed by atoms with Gasteiger partial charge < -0.3 is 9.80 Å². The van der Waals surface area contributed by atoms with Crippen LogP contribution in [0.25, 0.3) is 0 Å². The predicted octanol–water partition coefficient (Wildman–Crippen LogP) is 3.98. The quantitative estimate of drug-likeness (QED) is 0.736. The predicted molar refractivity (Wildman–Crippen MR) is 99.3 cm³/mol. The van der Waals surface area contributed by atoms with Crippen LogP contribution in [-0.2, 0) is 6.54 Å². The number of anilines is 1. The molecule has 4 heteroatoms. The summed E-state index contributed by atoms with van der Waals surface area (Å²) in [5, 5.41) is 0.